The maximum atomic E-state index is 5.83. The molecule has 1 atom stereocenters. The molecule has 4 heteroatoms. The van der Waals surface area contributed by atoms with Crippen molar-refractivity contribution in [1.82, 2.24) is 9.97 Å². The first-order chi connectivity index (χ1) is 10.3. The summed E-state index contributed by atoms with van der Waals surface area (Å²) in [4.78, 5) is 8.47. The van der Waals surface area contributed by atoms with Crippen LogP contribution in [0.1, 0.15) is 5.56 Å². The zero-order valence-electron chi connectivity index (χ0n) is 11.5. The van der Waals surface area contributed by atoms with Gasteiger partial charge in [-0.15, -0.1) is 0 Å². The summed E-state index contributed by atoms with van der Waals surface area (Å²) in [5.41, 5.74) is 8.93. The second kappa shape index (κ2) is 4.82. The molecular weight excluding hydrogens is 262 g/mol. The number of hydrogen-bond acceptors (Lipinski definition) is 4. The molecule has 0 saturated heterocycles. The van der Waals surface area contributed by atoms with Gasteiger partial charge in [0.05, 0.1) is 11.9 Å². The van der Waals surface area contributed by atoms with Gasteiger partial charge in [-0.2, -0.15) is 0 Å². The fourth-order valence-corrected chi connectivity index (χ4v) is 2.88. The summed E-state index contributed by atoms with van der Waals surface area (Å²) in [6.07, 6.45) is 6.16. The summed E-state index contributed by atoms with van der Waals surface area (Å²) < 4.78 is 5.83. The molecule has 0 amide bonds. The molecule has 1 aromatic heterocycles. The van der Waals surface area contributed by atoms with Crippen LogP contribution < -0.4 is 10.5 Å². The Morgan fingerprint density at radius 2 is 2.14 bits per heavy atom. The Bertz CT molecular complexity index is 802. The molecule has 0 spiro atoms. The lowest BCUT2D eigenvalue weighted by Crippen LogP contribution is -2.24. The lowest BCUT2D eigenvalue weighted by Gasteiger charge is -2.07. The van der Waals surface area contributed by atoms with Crippen LogP contribution in [0.25, 0.3) is 22.0 Å². The molecule has 1 unspecified atom stereocenters. The van der Waals surface area contributed by atoms with Crippen LogP contribution in [0.2, 0.25) is 0 Å². The highest BCUT2D eigenvalue weighted by molar-refractivity contribution is 5.91. The van der Waals surface area contributed by atoms with Crippen molar-refractivity contribution in [2.45, 2.75) is 12.5 Å². The van der Waals surface area contributed by atoms with Gasteiger partial charge in [0, 0.05) is 36.5 Å². The van der Waals surface area contributed by atoms with Crippen molar-refractivity contribution in [3.63, 3.8) is 0 Å². The van der Waals surface area contributed by atoms with Gasteiger partial charge in [0.1, 0.15) is 11.9 Å². The molecule has 3 aromatic rings. The van der Waals surface area contributed by atoms with Gasteiger partial charge in [-0.3, -0.25) is 9.97 Å². The van der Waals surface area contributed by atoms with Crippen LogP contribution in [-0.4, -0.2) is 22.6 Å². The van der Waals surface area contributed by atoms with Gasteiger partial charge in [0.15, 0.2) is 0 Å². The van der Waals surface area contributed by atoms with Crippen LogP contribution in [0.4, 0.5) is 0 Å². The molecule has 4 nitrogen and oxygen atoms in total. The van der Waals surface area contributed by atoms with E-state index in [4.69, 9.17) is 10.5 Å². The van der Waals surface area contributed by atoms with Gasteiger partial charge in [0.25, 0.3) is 0 Å². The van der Waals surface area contributed by atoms with E-state index < -0.39 is 0 Å². The normalized spacial score (nSPS) is 16.7. The number of nitrogens with zero attached hydrogens (tertiary/aromatic N) is 2. The van der Waals surface area contributed by atoms with Crippen molar-refractivity contribution >= 4 is 10.8 Å². The third-order valence-corrected chi connectivity index (χ3v) is 3.94. The maximum Gasteiger partial charge on any atom is 0.123 e. The lowest BCUT2D eigenvalue weighted by molar-refractivity contribution is 0.241. The molecule has 21 heavy (non-hydrogen) atoms. The minimum Gasteiger partial charge on any atom is -0.488 e. The summed E-state index contributed by atoms with van der Waals surface area (Å²) in [5.74, 6) is 0.963. The Kier molecular flexibility index (Phi) is 2.82. The van der Waals surface area contributed by atoms with Crippen molar-refractivity contribution in [3.05, 3.63) is 54.5 Å². The fourth-order valence-electron chi connectivity index (χ4n) is 2.88. The van der Waals surface area contributed by atoms with Gasteiger partial charge < -0.3 is 10.5 Å². The van der Waals surface area contributed by atoms with E-state index in [-0.39, 0.29) is 6.10 Å². The standard InChI is InChI=1S/C17H15N3O/c18-9-13-8-15-14-3-1-12(16-10-19-5-6-20-16)7-11(14)2-4-17(15)21-13/h1-7,10,13H,8-9,18H2. The summed E-state index contributed by atoms with van der Waals surface area (Å²) in [6, 6.07) is 10.5. The Labute approximate surface area is 122 Å². The van der Waals surface area contributed by atoms with E-state index >= 15 is 0 Å². The van der Waals surface area contributed by atoms with Crippen molar-refractivity contribution in [2.75, 3.05) is 6.54 Å². The highest BCUT2D eigenvalue weighted by Gasteiger charge is 2.23. The second-order valence-electron chi connectivity index (χ2n) is 5.25. The Balaban J connectivity index is 1.83. The van der Waals surface area contributed by atoms with Gasteiger partial charge in [0.2, 0.25) is 0 Å². The van der Waals surface area contributed by atoms with Crippen LogP contribution in [-0.2, 0) is 6.42 Å². The zero-order valence-corrected chi connectivity index (χ0v) is 11.5. The molecule has 2 heterocycles. The molecule has 0 bridgehead atoms. The van der Waals surface area contributed by atoms with Crippen molar-refractivity contribution < 1.29 is 4.74 Å². The number of rotatable bonds is 2. The minimum absolute atomic E-state index is 0.102. The predicted molar refractivity (Wildman–Crippen MR) is 82.1 cm³/mol. The van der Waals surface area contributed by atoms with Crippen LogP contribution in [0.5, 0.6) is 5.75 Å². The molecule has 2 aromatic carbocycles. The van der Waals surface area contributed by atoms with E-state index in [2.05, 4.69) is 34.2 Å². The highest BCUT2D eigenvalue weighted by atomic mass is 16.5. The van der Waals surface area contributed by atoms with E-state index in [0.29, 0.717) is 6.54 Å². The summed E-state index contributed by atoms with van der Waals surface area (Å²) in [5, 5.41) is 2.43. The lowest BCUT2D eigenvalue weighted by atomic mass is 9.98. The van der Waals surface area contributed by atoms with Crippen molar-refractivity contribution in [3.8, 4) is 17.0 Å². The van der Waals surface area contributed by atoms with Gasteiger partial charge in [-0.1, -0.05) is 18.2 Å². The Hall–Kier alpha value is -2.46. The van der Waals surface area contributed by atoms with E-state index in [1.165, 1.54) is 16.3 Å². The number of ether oxygens (including phenoxy) is 1. The predicted octanol–water partition coefficient (Wildman–Crippen LogP) is 2.56. The Morgan fingerprint density at radius 3 is 2.95 bits per heavy atom. The summed E-state index contributed by atoms with van der Waals surface area (Å²) in [7, 11) is 0. The SMILES string of the molecule is NCC1Cc2c(ccc3cc(-c4cnccn4)ccc23)O1. The van der Waals surface area contributed by atoms with Crippen LogP contribution in [0.3, 0.4) is 0 Å². The molecule has 104 valence electrons. The third-order valence-electron chi connectivity index (χ3n) is 3.94. The average molecular weight is 277 g/mol. The molecule has 1 aliphatic rings. The fraction of sp³-hybridized carbons (Fsp3) is 0.176. The van der Waals surface area contributed by atoms with Crippen LogP contribution >= 0.6 is 0 Å². The number of aromatic nitrogens is 2. The monoisotopic (exact) mass is 277 g/mol. The van der Waals surface area contributed by atoms with Crippen LogP contribution in [0, 0.1) is 0 Å². The van der Waals surface area contributed by atoms with E-state index in [0.717, 1.165) is 23.4 Å². The molecule has 0 saturated carbocycles. The first kappa shape index (κ1) is 12.3. The van der Waals surface area contributed by atoms with Gasteiger partial charge in [-0.25, -0.2) is 0 Å². The number of fused-ring (bicyclic) bond motifs is 3. The summed E-state index contributed by atoms with van der Waals surface area (Å²) >= 11 is 0. The molecule has 0 fully saturated rings. The second-order valence-corrected chi connectivity index (χ2v) is 5.25. The topological polar surface area (TPSA) is 61.0 Å². The van der Waals surface area contributed by atoms with Gasteiger partial charge >= 0.3 is 0 Å². The van der Waals surface area contributed by atoms with E-state index in [1.54, 1.807) is 18.6 Å². The minimum atomic E-state index is 0.102. The maximum absolute atomic E-state index is 5.83. The molecule has 0 aliphatic carbocycles. The summed E-state index contributed by atoms with van der Waals surface area (Å²) in [6.45, 7) is 0.549. The van der Waals surface area contributed by atoms with E-state index in [1.807, 2.05) is 6.07 Å². The highest BCUT2D eigenvalue weighted by Crippen LogP contribution is 2.36. The third kappa shape index (κ3) is 2.04. The van der Waals surface area contributed by atoms with Gasteiger partial charge in [-0.05, 0) is 22.9 Å². The van der Waals surface area contributed by atoms with Crippen molar-refractivity contribution in [1.29, 1.82) is 0 Å². The zero-order chi connectivity index (χ0) is 14.2. The molecule has 4 rings (SSSR count). The first-order valence-electron chi connectivity index (χ1n) is 7.04. The van der Waals surface area contributed by atoms with Crippen molar-refractivity contribution in [2.24, 2.45) is 5.73 Å². The van der Waals surface area contributed by atoms with Crippen LogP contribution in [0.15, 0.2) is 48.9 Å². The molecule has 2 N–H and O–H groups in total. The molecule has 1 aliphatic heterocycles. The number of hydrogen-bond donors (Lipinski definition) is 1. The number of nitrogens with two attached hydrogens (primary N) is 1. The average Bonchev–Trinajstić information content (AvgIpc) is 2.99. The van der Waals surface area contributed by atoms with E-state index in [9.17, 15) is 0 Å². The largest absolute Gasteiger partial charge is 0.488 e. The first-order valence-corrected chi connectivity index (χ1v) is 7.04. The number of benzene rings is 2. The Morgan fingerprint density at radius 1 is 1.19 bits per heavy atom. The smallest absolute Gasteiger partial charge is 0.123 e. The quantitative estimate of drug-likeness (QED) is 0.782. The molecular formula is C17H15N3O. The molecule has 0 radical (unpaired) electrons.